The molecule has 0 aromatic heterocycles. The van der Waals surface area contributed by atoms with E-state index < -0.39 is 47.7 Å². The molecule has 6 heteroatoms. The second kappa shape index (κ2) is 6.21. The van der Waals surface area contributed by atoms with Gasteiger partial charge < -0.3 is 19.7 Å². The first-order valence-electron chi connectivity index (χ1n) is 8.64. The largest absolute Gasteiger partial charge is 0.457 e. The average Bonchev–Trinajstić information content (AvgIpc) is 3.03. The molecule has 1 saturated heterocycles. The van der Waals surface area contributed by atoms with E-state index in [0.717, 1.165) is 0 Å². The summed E-state index contributed by atoms with van der Waals surface area (Å²) < 4.78 is 11.0. The molecule has 3 aliphatic rings. The minimum absolute atomic E-state index is 0.128. The number of rotatable bonds is 2. The number of fused-ring (bicyclic) bond motifs is 3. The standard InChI is InChI=1S/C20H24O6/c1-6-9(2)18(22)25-16-10(3)12-7-8-20(5,24)14(12)17-13(15(16)21)11(4)19(23)26-17/h6-8,13-17,21,24H,4H2,1-3,5H3/b9-6-/t13-,14+,15-,16-,17+,20+/m1/s1. The molecular formula is C20H24O6. The molecule has 0 bridgehead atoms. The van der Waals surface area contributed by atoms with E-state index in [1.165, 1.54) is 0 Å². The lowest BCUT2D eigenvalue weighted by Gasteiger charge is -2.33. The summed E-state index contributed by atoms with van der Waals surface area (Å²) in [4.78, 5) is 24.4. The molecule has 1 aliphatic heterocycles. The van der Waals surface area contributed by atoms with E-state index in [4.69, 9.17) is 9.47 Å². The number of aliphatic hydroxyl groups is 2. The summed E-state index contributed by atoms with van der Waals surface area (Å²) in [6.45, 7) is 10.5. The normalized spacial score (nSPS) is 39.5. The summed E-state index contributed by atoms with van der Waals surface area (Å²) in [5.41, 5.74) is 0.636. The van der Waals surface area contributed by atoms with Crippen molar-refractivity contribution in [3.05, 3.63) is 47.1 Å². The predicted molar refractivity (Wildman–Crippen MR) is 93.8 cm³/mol. The highest BCUT2D eigenvalue weighted by Gasteiger charge is 2.58. The molecule has 0 aromatic rings. The molecule has 26 heavy (non-hydrogen) atoms. The van der Waals surface area contributed by atoms with Crippen molar-refractivity contribution in [3.8, 4) is 0 Å². The van der Waals surface area contributed by atoms with Gasteiger partial charge in [-0.3, -0.25) is 0 Å². The van der Waals surface area contributed by atoms with E-state index in [1.54, 1.807) is 45.9 Å². The number of aliphatic hydroxyl groups excluding tert-OH is 1. The van der Waals surface area contributed by atoms with Crippen LogP contribution in [0.15, 0.2) is 47.1 Å². The van der Waals surface area contributed by atoms with E-state index in [-0.39, 0.29) is 5.57 Å². The maximum absolute atomic E-state index is 12.3. The van der Waals surface area contributed by atoms with Crippen molar-refractivity contribution in [2.45, 2.75) is 51.6 Å². The van der Waals surface area contributed by atoms with E-state index in [9.17, 15) is 19.8 Å². The minimum Gasteiger partial charge on any atom is -0.457 e. The Morgan fingerprint density at radius 2 is 2.12 bits per heavy atom. The van der Waals surface area contributed by atoms with Gasteiger partial charge in [-0.2, -0.15) is 0 Å². The van der Waals surface area contributed by atoms with Gasteiger partial charge in [0.05, 0.1) is 17.4 Å². The van der Waals surface area contributed by atoms with E-state index in [0.29, 0.717) is 16.7 Å². The number of esters is 2. The fourth-order valence-corrected chi connectivity index (χ4v) is 4.04. The lowest BCUT2D eigenvalue weighted by atomic mass is 9.78. The number of hydrogen-bond donors (Lipinski definition) is 2. The molecule has 2 aliphatic carbocycles. The first kappa shape index (κ1) is 18.6. The Kier molecular flexibility index (Phi) is 4.45. The van der Waals surface area contributed by atoms with Crippen LogP contribution >= 0.6 is 0 Å². The van der Waals surface area contributed by atoms with Crippen LogP contribution in [0.4, 0.5) is 0 Å². The molecule has 0 amide bonds. The van der Waals surface area contributed by atoms with Crippen LogP contribution in [0, 0.1) is 11.8 Å². The zero-order chi connectivity index (χ0) is 19.4. The molecule has 0 saturated carbocycles. The van der Waals surface area contributed by atoms with Crippen LogP contribution < -0.4 is 0 Å². The van der Waals surface area contributed by atoms with Crippen molar-refractivity contribution in [2.24, 2.45) is 11.8 Å². The van der Waals surface area contributed by atoms with E-state index in [1.807, 2.05) is 0 Å². The van der Waals surface area contributed by atoms with Crippen LogP contribution in [0.5, 0.6) is 0 Å². The highest BCUT2D eigenvalue weighted by Crippen LogP contribution is 2.49. The Labute approximate surface area is 152 Å². The smallest absolute Gasteiger partial charge is 0.334 e. The topological polar surface area (TPSA) is 93.1 Å². The van der Waals surface area contributed by atoms with Crippen molar-refractivity contribution in [3.63, 3.8) is 0 Å². The summed E-state index contributed by atoms with van der Waals surface area (Å²) in [6.07, 6.45) is 2.07. The maximum Gasteiger partial charge on any atom is 0.334 e. The first-order chi connectivity index (χ1) is 12.1. The summed E-state index contributed by atoms with van der Waals surface area (Å²) in [6, 6.07) is 0. The van der Waals surface area contributed by atoms with Crippen LogP contribution in [0.1, 0.15) is 27.7 Å². The van der Waals surface area contributed by atoms with Crippen molar-refractivity contribution < 1.29 is 29.3 Å². The number of hydrogen-bond acceptors (Lipinski definition) is 6. The molecule has 0 unspecified atom stereocenters. The van der Waals surface area contributed by atoms with Crippen LogP contribution in [-0.2, 0) is 19.1 Å². The van der Waals surface area contributed by atoms with Crippen molar-refractivity contribution in [1.29, 1.82) is 0 Å². The summed E-state index contributed by atoms with van der Waals surface area (Å²) in [5, 5.41) is 21.8. The Bertz CT molecular complexity index is 769. The Hall–Kier alpha value is -2.18. The molecule has 140 valence electrons. The number of carbonyl (C=O) groups is 2. The number of ether oxygens (including phenoxy) is 2. The molecule has 6 nitrogen and oxygen atoms in total. The quantitative estimate of drug-likeness (QED) is 0.574. The maximum atomic E-state index is 12.3. The Balaban J connectivity index is 2.10. The molecular weight excluding hydrogens is 336 g/mol. The Morgan fingerprint density at radius 1 is 1.46 bits per heavy atom. The van der Waals surface area contributed by atoms with Gasteiger partial charge in [-0.15, -0.1) is 0 Å². The first-order valence-corrected chi connectivity index (χ1v) is 8.64. The molecule has 0 spiro atoms. The number of allylic oxidation sites excluding steroid dienone is 2. The molecule has 0 aromatic carbocycles. The second-order valence-electron chi connectivity index (χ2n) is 7.38. The lowest BCUT2D eigenvalue weighted by Crippen LogP contribution is -2.45. The van der Waals surface area contributed by atoms with Crippen LogP contribution in [0.2, 0.25) is 0 Å². The van der Waals surface area contributed by atoms with Gasteiger partial charge in [-0.05, 0) is 38.8 Å². The van der Waals surface area contributed by atoms with Crippen molar-refractivity contribution in [1.82, 2.24) is 0 Å². The molecule has 2 N–H and O–H groups in total. The van der Waals surface area contributed by atoms with Gasteiger partial charge in [0.2, 0.25) is 0 Å². The van der Waals surface area contributed by atoms with Crippen LogP contribution in [0.25, 0.3) is 0 Å². The van der Waals surface area contributed by atoms with E-state index in [2.05, 4.69) is 6.58 Å². The van der Waals surface area contributed by atoms with Crippen LogP contribution in [-0.4, -0.2) is 46.1 Å². The van der Waals surface area contributed by atoms with Gasteiger partial charge in [0.15, 0.2) is 6.10 Å². The Morgan fingerprint density at radius 3 is 2.73 bits per heavy atom. The van der Waals surface area contributed by atoms with Gasteiger partial charge in [-0.1, -0.05) is 24.8 Å². The zero-order valence-electron chi connectivity index (χ0n) is 15.4. The molecule has 6 atom stereocenters. The van der Waals surface area contributed by atoms with E-state index >= 15 is 0 Å². The third kappa shape index (κ3) is 2.64. The lowest BCUT2D eigenvalue weighted by molar-refractivity contribution is -0.152. The van der Waals surface area contributed by atoms with Crippen molar-refractivity contribution >= 4 is 11.9 Å². The average molecular weight is 360 g/mol. The monoisotopic (exact) mass is 360 g/mol. The van der Waals surface area contributed by atoms with Gasteiger partial charge in [0.25, 0.3) is 0 Å². The highest BCUT2D eigenvalue weighted by atomic mass is 16.6. The molecule has 0 radical (unpaired) electrons. The fraction of sp³-hybridized carbons (Fsp3) is 0.500. The van der Waals surface area contributed by atoms with Gasteiger partial charge >= 0.3 is 11.9 Å². The van der Waals surface area contributed by atoms with Crippen molar-refractivity contribution in [2.75, 3.05) is 0 Å². The fourth-order valence-electron chi connectivity index (χ4n) is 4.04. The minimum atomic E-state index is -1.25. The third-order valence-electron chi connectivity index (χ3n) is 5.70. The third-order valence-corrected chi connectivity index (χ3v) is 5.70. The second-order valence-corrected chi connectivity index (χ2v) is 7.38. The summed E-state index contributed by atoms with van der Waals surface area (Å²) in [5.74, 6) is -2.47. The van der Waals surface area contributed by atoms with Gasteiger partial charge in [0.1, 0.15) is 12.2 Å². The van der Waals surface area contributed by atoms with Crippen LogP contribution in [0.3, 0.4) is 0 Å². The molecule has 3 rings (SSSR count). The van der Waals surface area contributed by atoms with Gasteiger partial charge in [-0.25, -0.2) is 9.59 Å². The molecule has 1 fully saturated rings. The highest BCUT2D eigenvalue weighted by molar-refractivity contribution is 5.91. The SMILES string of the molecule is C=C1C(=O)O[C@H]2[C@H]1[C@@H](O)[C@H](OC(=O)/C(C)=C\C)C(C)=C1C=C[C@](C)(O)[C@@H]12. The number of carbonyl (C=O) groups excluding carboxylic acids is 2. The predicted octanol–water partition coefficient (Wildman–Crippen LogP) is 1.59. The molecule has 1 heterocycles. The summed E-state index contributed by atoms with van der Waals surface area (Å²) in [7, 11) is 0. The van der Waals surface area contributed by atoms with Gasteiger partial charge in [0, 0.05) is 11.1 Å². The summed E-state index contributed by atoms with van der Waals surface area (Å²) >= 11 is 0. The zero-order valence-corrected chi connectivity index (χ0v) is 15.4.